The number of nitrogens with zero attached hydrogens (tertiary/aromatic N) is 4. The van der Waals surface area contributed by atoms with Gasteiger partial charge in [-0.1, -0.05) is 30.3 Å². The van der Waals surface area contributed by atoms with Crippen LogP contribution < -0.4 is 5.73 Å². The quantitative estimate of drug-likeness (QED) is 0.818. The summed E-state index contributed by atoms with van der Waals surface area (Å²) in [5.41, 5.74) is 7.91. The number of imidazole rings is 1. The number of amides is 2. The van der Waals surface area contributed by atoms with Crippen molar-refractivity contribution in [1.82, 2.24) is 19.4 Å². The van der Waals surface area contributed by atoms with E-state index in [2.05, 4.69) is 4.98 Å². The van der Waals surface area contributed by atoms with Crippen LogP contribution in [0.5, 0.6) is 0 Å². The molecular weight excluding hydrogens is 401 g/mol. The van der Waals surface area contributed by atoms with Crippen LogP contribution in [0.15, 0.2) is 36.5 Å². The second-order valence-corrected chi connectivity index (χ2v) is 6.99. The standard InChI is InChI=1S/C19H23N5O2.2ClH/c1-13-21-11-16-12-23(19(26)24(13)16)15-7-9-22(10-8-15)18(25)17(20)14-5-3-2-4-6-14;;/h2-6,11,15,17H,7-10,12,20H2,1H3;2*1H. The van der Waals surface area contributed by atoms with Gasteiger partial charge in [0, 0.05) is 19.1 Å². The van der Waals surface area contributed by atoms with Crippen molar-refractivity contribution in [2.75, 3.05) is 13.1 Å². The molecule has 2 amide bonds. The Morgan fingerprint density at radius 2 is 1.82 bits per heavy atom. The average molecular weight is 426 g/mol. The van der Waals surface area contributed by atoms with Crippen LogP contribution in [0.2, 0.25) is 0 Å². The molecule has 2 aromatic rings. The normalized spacial score (nSPS) is 17.6. The predicted octanol–water partition coefficient (Wildman–Crippen LogP) is 2.51. The van der Waals surface area contributed by atoms with E-state index in [1.807, 2.05) is 47.1 Å². The second kappa shape index (κ2) is 8.94. The number of likely N-dealkylation sites (tertiary alicyclic amines) is 1. The summed E-state index contributed by atoms with van der Waals surface area (Å²) in [6.45, 7) is 3.69. The fraction of sp³-hybridized carbons (Fsp3) is 0.421. The third-order valence-corrected chi connectivity index (χ3v) is 5.42. The maximum absolute atomic E-state index is 12.7. The Balaban J connectivity index is 0.00000140. The highest BCUT2D eigenvalue weighted by molar-refractivity contribution is 5.86. The Kier molecular flexibility index (Phi) is 7.09. The first-order chi connectivity index (χ1) is 12.6. The van der Waals surface area contributed by atoms with Gasteiger partial charge in [-0.2, -0.15) is 0 Å². The van der Waals surface area contributed by atoms with Crippen molar-refractivity contribution in [2.45, 2.75) is 38.4 Å². The summed E-state index contributed by atoms with van der Waals surface area (Å²) < 4.78 is 1.68. The summed E-state index contributed by atoms with van der Waals surface area (Å²) >= 11 is 0. The molecule has 0 radical (unpaired) electrons. The molecule has 1 unspecified atom stereocenters. The lowest BCUT2D eigenvalue weighted by atomic mass is 10.0. The molecule has 4 rings (SSSR count). The maximum atomic E-state index is 12.7. The molecule has 1 saturated heterocycles. The van der Waals surface area contributed by atoms with Crippen molar-refractivity contribution >= 4 is 36.8 Å². The number of benzene rings is 1. The fourth-order valence-corrected chi connectivity index (χ4v) is 3.92. The maximum Gasteiger partial charge on any atom is 0.330 e. The topological polar surface area (TPSA) is 84.5 Å². The number of fused-ring (bicyclic) bond motifs is 1. The summed E-state index contributed by atoms with van der Waals surface area (Å²) in [6, 6.07) is 8.97. The molecule has 9 heteroatoms. The highest BCUT2D eigenvalue weighted by Crippen LogP contribution is 2.26. The molecule has 7 nitrogen and oxygen atoms in total. The lowest BCUT2D eigenvalue weighted by Crippen LogP contribution is -2.49. The number of halogens is 2. The molecule has 2 aliphatic rings. The van der Waals surface area contributed by atoms with Gasteiger partial charge in [0.15, 0.2) is 0 Å². The van der Waals surface area contributed by atoms with E-state index in [-0.39, 0.29) is 42.8 Å². The average Bonchev–Trinajstić information content (AvgIpc) is 3.21. The minimum absolute atomic E-state index is 0. The van der Waals surface area contributed by atoms with Crippen molar-refractivity contribution in [3.63, 3.8) is 0 Å². The Hall–Kier alpha value is -2.09. The molecule has 0 aliphatic carbocycles. The van der Waals surface area contributed by atoms with Gasteiger partial charge in [0.2, 0.25) is 5.91 Å². The van der Waals surface area contributed by atoms with Gasteiger partial charge in [0.1, 0.15) is 11.9 Å². The number of aromatic nitrogens is 2. The fourth-order valence-electron chi connectivity index (χ4n) is 3.92. The molecular formula is C19H25Cl2N5O2. The van der Waals surface area contributed by atoms with Gasteiger partial charge >= 0.3 is 6.03 Å². The molecule has 152 valence electrons. The molecule has 0 saturated carbocycles. The molecule has 28 heavy (non-hydrogen) atoms. The number of piperidine rings is 1. The highest BCUT2D eigenvalue weighted by atomic mass is 35.5. The first-order valence-electron chi connectivity index (χ1n) is 9.00. The lowest BCUT2D eigenvalue weighted by Gasteiger charge is -2.37. The van der Waals surface area contributed by atoms with Crippen molar-refractivity contribution in [2.24, 2.45) is 5.73 Å². The summed E-state index contributed by atoms with van der Waals surface area (Å²) in [4.78, 5) is 33.2. The summed E-state index contributed by atoms with van der Waals surface area (Å²) in [5, 5.41) is 0. The summed E-state index contributed by atoms with van der Waals surface area (Å²) in [5.74, 6) is 0.683. The van der Waals surface area contributed by atoms with Crippen molar-refractivity contribution in [1.29, 1.82) is 0 Å². The SMILES string of the molecule is Cc1ncc2n1C(=O)N(C1CCN(C(=O)C(N)c3ccccc3)CC1)C2.Cl.Cl. The molecule has 1 fully saturated rings. The highest BCUT2D eigenvalue weighted by Gasteiger charge is 2.36. The molecule has 1 aromatic heterocycles. The minimum Gasteiger partial charge on any atom is -0.341 e. The molecule has 1 aromatic carbocycles. The van der Waals surface area contributed by atoms with Crippen LogP contribution in [0.25, 0.3) is 0 Å². The largest absolute Gasteiger partial charge is 0.341 e. The van der Waals surface area contributed by atoms with E-state index in [9.17, 15) is 9.59 Å². The van der Waals surface area contributed by atoms with Gasteiger partial charge in [0.05, 0.1) is 18.4 Å². The van der Waals surface area contributed by atoms with Gasteiger partial charge in [-0.05, 0) is 25.3 Å². The number of carbonyl (C=O) groups excluding carboxylic acids is 2. The van der Waals surface area contributed by atoms with Gasteiger partial charge in [-0.25, -0.2) is 9.78 Å². The van der Waals surface area contributed by atoms with Crippen LogP contribution >= 0.6 is 24.8 Å². The van der Waals surface area contributed by atoms with E-state index in [0.29, 0.717) is 19.6 Å². The van der Waals surface area contributed by atoms with E-state index < -0.39 is 6.04 Å². The third-order valence-electron chi connectivity index (χ3n) is 5.42. The Bertz CT molecular complexity index is 834. The minimum atomic E-state index is -0.629. The van der Waals surface area contributed by atoms with Crippen molar-refractivity contribution < 1.29 is 9.59 Å². The van der Waals surface area contributed by atoms with Crippen LogP contribution in [0.1, 0.15) is 36.0 Å². The molecule has 2 N–H and O–H groups in total. The second-order valence-electron chi connectivity index (χ2n) is 6.99. The zero-order valence-electron chi connectivity index (χ0n) is 15.7. The number of hydrogen-bond donors (Lipinski definition) is 1. The molecule has 0 bridgehead atoms. The molecule has 2 aliphatic heterocycles. The molecule has 3 heterocycles. The van der Waals surface area contributed by atoms with E-state index in [0.717, 1.165) is 29.9 Å². The van der Waals surface area contributed by atoms with Gasteiger partial charge in [-0.15, -0.1) is 24.8 Å². The van der Waals surface area contributed by atoms with Crippen molar-refractivity contribution in [3.05, 3.63) is 53.6 Å². The predicted molar refractivity (Wildman–Crippen MR) is 111 cm³/mol. The summed E-state index contributed by atoms with van der Waals surface area (Å²) in [6.07, 6.45) is 3.32. The number of rotatable bonds is 3. The van der Waals surface area contributed by atoms with E-state index >= 15 is 0 Å². The van der Waals surface area contributed by atoms with Crippen LogP contribution in [0, 0.1) is 6.92 Å². The Morgan fingerprint density at radius 3 is 2.43 bits per heavy atom. The monoisotopic (exact) mass is 425 g/mol. The first kappa shape index (κ1) is 22.2. The van der Waals surface area contributed by atoms with Crippen LogP contribution in [-0.4, -0.2) is 50.4 Å². The number of carbonyl (C=O) groups is 2. The van der Waals surface area contributed by atoms with Gasteiger partial charge in [-0.3, -0.25) is 9.36 Å². The van der Waals surface area contributed by atoms with Crippen LogP contribution in [0.3, 0.4) is 0 Å². The van der Waals surface area contributed by atoms with E-state index in [4.69, 9.17) is 5.73 Å². The van der Waals surface area contributed by atoms with E-state index in [1.165, 1.54) is 0 Å². The number of nitrogens with two attached hydrogens (primary N) is 1. The van der Waals surface area contributed by atoms with Crippen LogP contribution in [0.4, 0.5) is 4.79 Å². The van der Waals surface area contributed by atoms with E-state index in [1.54, 1.807) is 10.8 Å². The zero-order valence-corrected chi connectivity index (χ0v) is 17.3. The van der Waals surface area contributed by atoms with Gasteiger partial charge < -0.3 is 15.5 Å². The lowest BCUT2D eigenvalue weighted by molar-refractivity contribution is -0.134. The Labute approximate surface area is 176 Å². The number of aryl methyl sites for hydroxylation is 1. The first-order valence-corrected chi connectivity index (χ1v) is 9.00. The smallest absolute Gasteiger partial charge is 0.330 e. The zero-order chi connectivity index (χ0) is 18.3. The molecule has 1 atom stereocenters. The number of hydrogen-bond acceptors (Lipinski definition) is 4. The third kappa shape index (κ3) is 3.87. The Morgan fingerprint density at radius 1 is 1.18 bits per heavy atom. The summed E-state index contributed by atoms with van der Waals surface area (Å²) in [7, 11) is 0. The van der Waals surface area contributed by atoms with Gasteiger partial charge in [0.25, 0.3) is 0 Å². The van der Waals surface area contributed by atoms with Crippen molar-refractivity contribution in [3.8, 4) is 0 Å². The molecule has 0 spiro atoms. The van der Waals surface area contributed by atoms with Crippen LogP contribution in [-0.2, 0) is 11.3 Å².